The monoisotopic (exact) mass is 761 g/mol. The number of rotatable bonds is 15. The summed E-state index contributed by atoms with van der Waals surface area (Å²) in [7, 11) is 2.97. The first-order chi connectivity index (χ1) is 23.1. The summed E-state index contributed by atoms with van der Waals surface area (Å²) in [6.45, 7) is 16.7. The zero-order valence-electron chi connectivity index (χ0n) is 29.3. The number of methoxy groups -OCH3 is 2. The van der Waals surface area contributed by atoms with Gasteiger partial charge < -0.3 is 25.0 Å². The lowest BCUT2D eigenvalue weighted by Gasteiger charge is -2.34. The van der Waals surface area contributed by atoms with E-state index in [9.17, 15) is 4.79 Å². The molecule has 0 atom stereocenters. The summed E-state index contributed by atoms with van der Waals surface area (Å²) in [4.78, 5) is 23.8. The summed E-state index contributed by atoms with van der Waals surface area (Å²) in [5.41, 5.74) is 4.49. The molecule has 0 aliphatic carbocycles. The first kappa shape index (κ1) is 39.6. The van der Waals surface area contributed by atoms with Gasteiger partial charge in [0.25, 0.3) is 5.91 Å². The highest BCUT2D eigenvalue weighted by Crippen LogP contribution is 2.50. The van der Waals surface area contributed by atoms with Crippen LogP contribution >= 0.6 is 39.1 Å². The van der Waals surface area contributed by atoms with Crippen molar-refractivity contribution in [1.29, 1.82) is 0 Å². The number of amides is 1. The number of nitrogens with zero attached hydrogens (tertiary/aromatic N) is 3. The molecule has 0 spiro atoms. The molecular weight excluding hydrogens is 713 g/mol. The molecule has 262 valence electrons. The molecule has 3 rings (SSSR count). The fraction of sp³-hybridized carbons (Fsp3) is 0.459. The van der Waals surface area contributed by atoms with Crippen molar-refractivity contribution in [3.8, 4) is 11.5 Å². The average molecular weight is 764 g/mol. The molecule has 0 radical (unpaired) electrons. The third-order valence-corrected chi connectivity index (χ3v) is 9.88. The number of amidine groups is 1. The van der Waals surface area contributed by atoms with Gasteiger partial charge in [0.05, 0.1) is 19.9 Å². The minimum absolute atomic E-state index is 0.162. The van der Waals surface area contributed by atoms with E-state index >= 15 is 0 Å². The fourth-order valence-corrected chi connectivity index (χ4v) is 6.95. The molecular formula is C37H50BrCl2N5O3. The van der Waals surface area contributed by atoms with E-state index in [1.807, 2.05) is 26.0 Å². The number of hydrogen-bond donors (Lipinski definition) is 2. The van der Waals surface area contributed by atoms with Crippen LogP contribution in [0.25, 0.3) is 0 Å². The van der Waals surface area contributed by atoms with Gasteiger partial charge in [-0.05, 0) is 78.0 Å². The van der Waals surface area contributed by atoms with Gasteiger partial charge in [-0.3, -0.25) is 9.69 Å². The van der Waals surface area contributed by atoms with E-state index in [0.29, 0.717) is 27.4 Å². The van der Waals surface area contributed by atoms with E-state index in [1.165, 1.54) is 19.8 Å². The lowest BCUT2D eigenvalue weighted by atomic mass is 9.98. The summed E-state index contributed by atoms with van der Waals surface area (Å²) in [5, 5.41) is 6.77. The second kappa shape index (κ2) is 20.0. The fourth-order valence-electron chi connectivity index (χ4n) is 5.32. The summed E-state index contributed by atoms with van der Waals surface area (Å²) in [5.74, 6) is 0.905. The molecule has 48 heavy (non-hydrogen) atoms. The van der Waals surface area contributed by atoms with Crippen LogP contribution in [0.4, 0.5) is 11.4 Å². The van der Waals surface area contributed by atoms with Crippen LogP contribution in [0.2, 0.25) is 10.0 Å². The molecule has 0 saturated carbocycles. The molecule has 1 fully saturated rings. The van der Waals surface area contributed by atoms with Crippen molar-refractivity contribution in [2.75, 3.05) is 57.6 Å². The number of piperazine rings is 1. The Labute approximate surface area is 305 Å². The Hall–Kier alpha value is -2.82. The molecule has 0 bridgehead atoms. The maximum atomic E-state index is 14.0. The van der Waals surface area contributed by atoms with Gasteiger partial charge in [0.1, 0.15) is 20.4 Å². The predicted octanol–water partition coefficient (Wildman–Crippen LogP) is 9.74. The SMILES string of the molecule is CC\C=C/N=C(Nc1ccc(CN2CCN(CC)CC2)cc1)\C(C)=C(C)\C(=C/CCCC)C(=O)Nc1c(Cl)c(OC)c(Br)c(OC)c1Cl. The van der Waals surface area contributed by atoms with Crippen LogP contribution in [0.15, 0.2) is 68.8 Å². The van der Waals surface area contributed by atoms with Crippen molar-refractivity contribution in [1.82, 2.24) is 9.80 Å². The van der Waals surface area contributed by atoms with Gasteiger partial charge in [-0.2, -0.15) is 0 Å². The lowest BCUT2D eigenvalue weighted by Crippen LogP contribution is -2.45. The summed E-state index contributed by atoms with van der Waals surface area (Å²) >= 11 is 16.8. The number of carbonyl (C=O) groups is 1. The van der Waals surface area contributed by atoms with Crippen molar-refractivity contribution in [3.05, 3.63) is 79.4 Å². The smallest absolute Gasteiger partial charge is 0.255 e. The highest BCUT2D eigenvalue weighted by molar-refractivity contribution is 9.10. The molecule has 1 heterocycles. The van der Waals surface area contributed by atoms with E-state index in [0.717, 1.165) is 81.8 Å². The second-order valence-corrected chi connectivity index (χ2v) is 13.2. The second-order valence-electron chi connectivity index (χ2n) is 11.7. The van der Waals surface area contributed by atoms with E-state index in [1.54, 1.807) is 6.20 Å². The van der Waals surface area contributed by atoms with E-state index < -0.39 is 0 Å². The normalized spacial score (nSPS) is 15.5. The number of allylic oxidation sites excluding steroid dienone is 2. The highest BCUT2D eigenvalue weighted by atomic mass is 79.9. The standard InChI is InChI=1S/C37H50BrCl2N5O3/c1-8-11-13-14-29(37(46)43-33-31(39)34(47-6)30(38)35(48-7)32(33)40)25(4)26(5)36(41-19-12-9-2)42-28-17-15-27(16-18-28)24-45-22-20-44(10-3)21-23-45/h12,14-19H,8-11,13,20-24H2,1-7H3,(H,41,42)(H,43,46)/b19-12-,26-25+,29-14+. The Morgan fingerprint density at radius 3 is 2.08 bits per heavy atom. The Kier molecular flexibility index (Phi) is 16.5. The van der Waals surface area contributed by atoms with Crippen LogP contribution in [-0.2, 0) is 11.3 Å². The minimum Gasteiger partial charge on any atom is -0.494 e. The summed E-state index contributed by atoms with van der Waals surface area (Å²) in [6.07, 6.45) is 9.26. The highest BCUT2D eigenvalue weighted by Gasteiger charge is 2.26. The van der Waals surface area contributed by atoms with Crippen molar-refractivity contribution >= 4 is 62.2 Å². The van der Waals surface area contributed by atoms with Crippen LogP contribution in [0.5, 0.6) is 11.5 Å². The number of benzene rings is 2. The zero-order valence-corrected chi connectivity index (χ0v) is 32.4. The van der Waals surface area contributed by atoms with Gasteiger partial charge in [-0.25, -0.2) is 4.99 Å². The van der Waals surface area contributed by atoms with Crippen molar-refractivity contribution in [2.24, 2.45) is 4.99 Å². The van der Waals surface area contributed by atoms with E-state index in [-0.39, 0.29) is 21.6 Å². The van der Waals surface area contributed by atoms with Gasteiger partial charge in [-0.1, -0.05) is 81.1 Å². The van der Waals surface area contributed by atoms with Crippen LogP contribution < -0.4 is 20.1 Å². The van der Waals surface area contributed by atoms with Crippen LogP contribution in [0.1, 0.15) is 65.9 Å². The van der Waals surface area contributed by atoms with Crippen molar-refractivity contribution in [3.63, 3.8) is 0 Å². The number of unbranched alkanes of at least 4 members (excludes halogenated alkanes) is 2. The number of carbonyl (C=O) groups excluding carboxylic acids is 1. The number of likely N-dealkylation sites (N-methyl/N-ethyl adjacent to an activating group) is 1. The Bertz CT molecular complexity index is 1480. The maximum absolute atomic E-state index is 14.0. The van der Waals surface area contributed by atoms with Gasteiger partial charge in [-0.15, -0.1) is 0 Å². The lowest BCUT2D eigenvalue weighted by molar-refractivity contribution is -0.112. The first-order valence-electron chi connectivity index (χ1n) is 16.6. The molecule has 0 aromatic heterocycles. The number of anilines is 2. The quantitative estimate of drug-likeness (QED) is 0.0619. The third-order valence-electron chi connectivity index (χ3n) is 8.44. The molecule has 1 saturated heterocycles. The topological polar surface area (TPSA) is 78.4 Å². The van der Waals surface area contributed by atoms with Crippen molar-refractivity contribution < 1.29 is 14.3 Å². The molecule has 1 aliphatic heterocycles. The van der Waals surface area contributed by atoms with Crippen molar-refractivity contribution in [2.45, 2.75) is 66.8 Å². The molecule has 2 N–H and O–H groups in total. The largest absolute Gasteiger partial charge is 0.494 e. The average Bonchev–Trinajstić information content (AvgIpc) is 3.09. The van der Waals surface area contributed by atoms with E-state index in [4.69, 9.17) is 37.7 Å². The van der Waals surface area contributed by atoms with Crippen LogP contribution in [0, 0.1) is 0 Å². The number of hydrogen-bond acceptors (Lipinski definition) is 6. The zero-order chi connectivity index (χ0) is 35.2. The first-order valence-corrected chi connectivity index (χ1v) is 18.2. The summed E-state index contributed by atoms with van der Waals surface area (Å²) < 4.78 is 11.4. The van der Waals surface area contributed by atoms with Gasteiger partial charge in [0.15, 0.2) is 11.5 Å². The minimum atomic E-state index is -0.356. The van der Waals surface area contributed by atoms with Crippen LogP contribution in [-0.4, -0.2) is 68.5 Å². The van der Waals surface area contributed by atoms with Gasteiger partial charge >= 0.3 is 0 Å². The Balaban J connectivity index is 1.93. The van der Waals surface area contributed by atoms with Gasteiger partial charge in [0, 0.05) is 50.2 Å². The molecule has 1 aliphatic rings. The summed E-state index contributed by atoms with van der Waals surface area (Å²) in [6, 6.07) is 8.50. The van der Waals surface area contributed by atoms with E-state index in [2.05, 4.69) is 81.4 Å². The molecule has 2 aromatic carbocycles. The Morgan fingerprint density at radius 2 is 1.54 bits per heavy atom. The molecule has 11 heteroatoms. The third kappa shape index (κ3) is 10.6. The molecule has 8 nitrogen and oxygen atoms in total. The molecule has 1 amide bonds. The number of nitrogens with one attached hydrogen (secondary N) is 2. The molecule has 2 aromatic rings. The maximum Gasteiger partial charge on any atom is 0.255 e. The molecule has 0 unspecified atom stereocenters. The predicted molar refractivity (Wildman–Crippen MR) is 206 cm³/mol. The Morgan fingerprint density at radius 1 is 0.938 bits per heavy atom. The number of ether oxygens (including phenoxy) is 2. The number of aliphatic imine (C=N–C) groups is 1. The number of halogens is 3. The van der Waals surface area contributed by atoms with Crippen LogP contribution in [0.3, 0.4) is 0 Å². The van der Waals surface area contributed by atoms with Gasteiger partial charge in [0.2, 0.25) is 0 Å².